The first kappa shape index (κ1) is 14.0. The van der Waals surface area contributed by atoms with Crippen molar-refractivity contribution in [2.45, 2.75) is 62.2 Å². The molecule has 0 aliphatic carbocycles. The van der Waals surface area contributed by atoms with E-state index in [1.54, 1.807) is 4.31 Å². The Kier molecular flexibility index (Phi) is 3.83. The van der Waals surface area contributed by atoms with Gasteiger partial charge in [0.2, 0.25) is 0 Å². The molecule has 3 heterocycles. The molecule has 112 valence electrons. The van der Waals surface area contributed by atoms with E-state index in [9.17, 15) is 8.42 Å². The van der Waals surface area contributed by atoms with E-state index in [2.05, 4.69) is 15.3 Å². The van der Waals surface area contributed by atoms with Gasteiger partial charge in [0.05, 0.1) is 12.5 Å². The predicted molar refractivity (Wildman–Crippen MR) is 75.7 cm³/mol. The van der Waals surface area contributed by atoms with Crippen LogP contribution in [0.5, 0.6) is 0 Å². The fourth-order valence-electron chi connectivity index (χ4n) is 3.49. The van der Waals surface area contributed by atoms with Crippen LogP contribution in [0.1, 0.15) is 39.0 Å². The molecule has 20 heavy (non-hydrogen) atoms. The summed E-state index contributed by atoms with van der Waals surface area (Å²) in [5, 5.41) is 3.77. The van der Waals surface area contributed by atoms with Crippen LogP contribution in [0.2, 0.25) is 0 Å². The highest BCUT2D eigenvalue weighted by Gasteiger charge is 2.40. The summed E-state index contributed by atoms with van der Waals surface area (Å²) in [4.78, 5) is 6.58. The Balaban J connectivity index is 1.85. The Hall–Kier alpha value is -0.920. The number of piperidine rings is 1. The van der Waals surface area contributed by atoms with Crippen molar-refractivity contribution in [2.24, 2.45) is 0 Å². The molecular formula is C13H22N4O2S. The summed E-state index contributed by atoms with van der Waals surface area (Å²) in [6, 6.07) is 1.08. The topological polar surface area (TPSA) is 78.1 Å². The lowest BCUT2D eigenvalue weighted by Gasteiger charge is -2.36. The number of nitrogens with zero attached hydrogens (tertiary/aromatic N) is 2. The van der Waals surface area contributed by atoms with Gasteiger partial charge in [0.1, 0.15) is 0 Å². The minimum atomic E-state index is -3.45. The second-order valence-corrected chi connectivity index (χ2v) is 7.65. The van der Waals surface area contributed by atoms with Gasteiger partial charge in [-0.2, -0.15) is 4.31 Å². The number of aromatic amines is 1. The lowest BCUT2D eigenvalue weighted by Crippen LogP contribution is -2.50. The van der Waals surface area contributed by atoms with Gasteiger partial charge in [-0.05, 0) is 32.1 Å². The van der Waals surface area contributed by atoms with Crippen molar-refractivity contribution in [1.29, 1.82) is 0 Å². The van der Waals surface area contributed by atoms with E-state index < -0.39 is 10.0 Å². The molecule has 2 N–H and O–H groups in total. The highest BCUT2D eigenvalue weighted by molar-refractivity contribution is 7.89. The zero-order valence-corrected chi connectivity index (χ0v) is 12.6. The smallest absolute Gasteiger partial charge is 0.260 e. The SMILES string of the molecule is CCCN(C1CC2CCC(C1)N2)S(=O)(=O)c1cnc[nH]1. The highest BCUT2D eigenvalue weighted by Crippen LogP contribution is 2.32. The van der Waals surface area contributed by atoms with Crippen LogP contribution in [0.15, 0.2) is 17.6 Å². The van der Waals surface area contributed by atoms with E-state index >= 15 is 0 Å². The summed E-state index contributed by atoms with van der Waals surface area (Å²) >= 11 is 0. The maximum atomic E-state index is 12.8. The average Bonchev–Trinajstić information content (AvgIpc) is 3.06. The third kappa shape index (κ3) is 2.49. The molecule has 0 spiro atoms. The van der Waals surface area contributed by atoms with Gasteiger partial charge in [0, 0.05) is 24.7 Å². The summed E-state index contributed by atoms with van der Waals surface area (Å²) in [5.41, 5.74) is 0. The van der Waals surface area contributed by atoms with Gasteiger partial charge in [0.25, 0.3) is 10.0 Å². The molecule has 1 aromatic heterocycles. The fourth-order valence-corrected chi connectivity index (χ4v) is 5.13. The molecule has 2 aliphatic heterocycles. The molecule has 3 rings (SSSR count). The molecule has 2 saturated heterocycles. The maximum Gasteiger partial charge on any atom is 0.260 e. The number of imidazole rings is 1. The first-order valence-electron chi connectivity index (χ1n) is 7.37. The molecule has 2 atom stereocenters. The fraction of sp³-hybridized carbons (Fsp3) is 0.769. The Bertz CT molecular complexity index is 531. The largest absolute Gasteiger partial charge is 0.335 e. The lowest BCUT2D eigenvalue weighted by molar-refractivity contribution is 0.225. The second-order valence-electron chi connectivity index (χ2n) is 5.79. The number of hydrogen-bond acceptors (Lipinski definition) is 4. The molecule has 0 radical (unpaired) electrons. The van der Waals surface area contributed by atoms with Gasteiger partial charge < -0.3 is 10.3 Å². The van der Waals surface area contributed by atoms with Gasteiger partial charge >= 0.3 is 0 Å². The number of fused-ring (bicyclic) bond motifs is 2. The zero-order valence-electron chi connectivity index (χ0n) is 11.7. The normalized spacial score (nSPS) is 30.0. The molecule has 2 unspecified atom stereocenters. The van der Waals surface area contributed by atoms with Gasteiger partial charge in [-0.3, -0.25) is 0 Å². The molecule has 2 fully saturated rings. The summed E-state index contributed by atoms with van der Waals surface area (Å²) in [5.74, 6) is 0. The molecule has 1 aromatic rings. The van der Waals surface area contributed by atoms with E-state index in [-0.39, 0.29) is 11.1 Å². The average molecular weight is 298 g/mol. The van der Waals surface area contributed by atoms with Crippen molar-refractivity contribution in [3.63, 3.8) is 0 Å². The number of hydrogen-bond donors (Lipinski definition) is 2. The van der Waals surface area contributed by atoms with Crippen molar-refractivity contribution in [3.05, 3.63) is 12.5 Å². The van der Waals surface area contributed by atoms with E-state index in [4.69, 9.17) is 0 Å². The van der Waals surface area contributed by atoms with E-state index in [1.165, 1.54) is 25.4 Å². The van der Waals surface area contributed by atoms with Crippen LogP contribution in [0.3, 0.4) is 0 Å². The molecule has 0 amide bonds. The van der Waals surface area contributed by atoms with Crippen LogP contribution in [0.25, 0.3) is 0 Å². The Morgan fingerprint density at radius 1 is 1.35 bits per heavy atom. The summed E-state index contributed by atoms with van der Waals surface area (Å²) in [7, 11) is -3.45. The van der Waals surface area contributed by atoms with Crippen LogP contribution in [-0.4, -0.2) is 47.4 Å². The van der Waals surface area contributed by atoms with Crippen molar-refractivity contribution >= 4 is 10.0 Å². The summed E-state index contributed by atoms with van der Waals surface area (Å²) in [6.07, 6.45) is 7.83. The van der Waals surface area contributed by atoms with Crippen LogP contribution < -0.4 is 5.32 Å². The molecule has 2 bridgehead atoms. The van der Waals surface area contributed by atoms with Crippen LogP contribution in [0, 0.1) is 0 Å². The summed E-state index contributed by atoms with van der Waals surface area (Å²) in [6.45, 7) is 2.59. The van der Waals surface area contributed by atoms with Gasteiger partial charge in [-0.1, -0.05) is 6.92 Å². The molecule has 6 nitrogen and oxygen atoms in total. The Labute approximate surface area is 120 Å². The van der Waals surface area contributed by atoms with E-state index in [0.29, 0.717) is 18.6 Å². The van der Waals surface area contributed by atoms with Crippen LogP contribution in [0.4, 0.5) is 0 Å². The predicted octanol–water partition coefficient (Wildman–Crippen LogP) is 1.09. The molecule has 2 aliphatic rings. The van der Waals surface area contributed by atoms with Crippen molar-refractivity contribution in [1.82, 2.24) is 19.6 Å². The lowest BCUT2D eigenvalue weighted by atomic mass is 10.00. The third-order valence-corrected chi connectivity index (χ3v) is 6.24. The molecular weight excluding hydrogens is 276 g/mol. The van der Waals surface area contributed by atoms with Gasteiger partial charge in [0.15, 0.2) is 5.03 Å². The summed E-state index contributed by atoms with van der Waals surface area (Å²) < 4.78 is 27.2. The van der Waals surface area contributed by atoms with Crippen molar-refractivity contribution in [2.75, 3.05) is 6.54 Å². The second kappa shape index (κ2) is 5.46. The third-order valence-electron chi connectivity index (χ3n) is 4.36. The molecule has 0 aromatic carbocycles. The van der Waals surface area contributed by atoms with Crippen LogP contribution in [-0.2, 0) is 10.0 Å². The minimum absolute atomic E-state index is 0.113. The number of rotatable bonds is 5. The van der Waals surface area contributed by atoms with Crippen LogP contribution >= 0.6 is 0 Å². The first-order chi connectivity index (χ1) is 9.61. The quantitative estimate of drug-likeness (QED) is 0.853. The zero-order chi connectivity index (χ0) is 14.2. The Morgan fingerprint density at radius 2 is 2.05 bits per heavy atom. The number of aromatic nitrogens is 2. The monoisotopic (exact) mass is 298 g/mol. The number of sulfonamides is 1. The molecule has 7 heteroatoms. The van der Waals surface area contributed by atoms with Crippen molar-refractivity contribution in [3.8, 4) is 0 Å². The number of nitrogens with one attached hydrogen (secondary N) is 2. The molecule has 0 saturated carbocycles. The Morgan fingerprint density at radius 3 is 2.60 bits per heavy atom. The van der Waals surface area contributed by atoms with E-state index in [0.717, 1.165) is 19.3 Å². The van der Waals surface area contributed by atoms with Crippen molar-refractivity contribution < 1.29 is 8.42 Å². The van der Waals surface area contributed by atoms with Gasteiger partial charge in [-0.25, -0.2) is 13.4 Å². The highest BCUT2D eigenvalue weighted by atomic mass is 32.2. The van der Waals surface area contributed by atoms with E-state index in [1.807, 2.05) is 6.92 Å². The minimum Gasteiger partial charge on any atom is -0.335 e. The maximum absolute atomic E-state index is 12.8. The first-order valence-corrected chi connectivity index (χ1v) is 8.81. The standard InChI is InChI=1S/C13H22N4O2S/c1-2-5-17(20(18,19)13-8-14-9-15-13)12-6-10-3-4-11(7-12)16-10/h8-12,16H,2-7H2,1H3,(H,14,15). The van der Waals surface area contributed by atoms with Gasteiger partial charge in [-0.15, -0.1) is 0 Å². The number of H-pyrrole nitrogens is 1.